The molecule has 6 atom stereocenters. The van der Waals surface area contributed by atoms with E-state index in [1.165, 1.54) is 30.5 Å². The first-order chi connectivity index (χ1) is 15.9. The molecular weight excluding hydrogens is 412 g/mol. The molecule has 1 heterocycles. The lowest BCUT2D eigenvalue weighted by Crippen LogP contribution is -2.46. The van der Waals surface area contributed by atoms with E-state index in [1.807, 2.05) is 0 Å². The number of hydrogen-bond donors (Lipinski definition) is 1. The Morgan fingerprint density at radius 3 is 2.88 bits per heavy atom. The minimum Gasteiger partial charge on any atom is -0.494 e. The van der Waals surface area contributed by atoms with E-state index in [-0.39, 0.29) is 23.2 Å². The van der Waals surface area contributed by atoms with Crippen LogP contribution in [0.25, 0.3) is 0 Å². The summed E-state index contributed by atoms with van der Waals surface area (Å²) in [5, 5.41) is 2.83. The number of rotatable bonds is 6. The normalized spacial score (nSPS) is 35.6. The van der Waals surface area contributed by atoms with Gasteiger partial charge in [0.1, 0.15) is 11.5 Å². The van der Waals surface area contributed by atoms with Crippen LogP contribution in [-0.4, -0.2) is 49.4 Å². The lowest BCUT2D eigenvalue weighted by atomic mass is 9.54. The van der Waals surface area contributed by atoms with Crippen molar-refractivity contribution >= 4 is 11.7 Å². The van der Waals surface area contributed by atoms with Crippen LogP contribution in [0.2, 0.25) is 0 Å². The summed E-state index contributed by atoms with van der Waals surface area (Å²) in [6.07, 6.45) is 8.16. The van der Waals surface area contributed by atoms with Crippen molar-refractivity contribution in [3.8, 4) is 5.75 Å². The molecule has 1 amide bonds. The van der Waals surface area contributed by atoms with Gasteiger partial charge in [0, 0.05) is 37.4 Å². The predicted octanol–water partition coefficient (Wildman–Crippen LogP) is 4.34. The highest BCUT2D eigenvalue weighted by molar-refractivity contribution is 5.94. The molecule has 0 aromatic heterocycles. The van der Waals surface area contributed by atoms with Crippen LogP contribution < -0.4 is 10.1 Å². The van der Waals surface area contributed by atoms with Gasteiger partial charge in [0.2, 0.25) is 5.91 Å². The monoisotopic (exact) mass is 452 g/mol. The SMILES string of the molecule is CNC(=O)[C@H]1CC(=O)[C@@]2(C)CC[C@@H]3c4ccc(OCCCN5CCC[C@H]5C)cc4CC[C@H]3[C@H]12. The highest BCUT2D eigenvalue weighted by atomic mass is 16.5. The number of likely N-dealkylation sites (tertiary alicyclic amines) is 1. The third-order valence-corrected chi connectivity index (χ3v) is 9.56. The number of carbonyl (C=O) groups is 2. The molecule has 4 aliphatic rings. The van der Waals surface area contributed by atoms with Crippen molar-refractivity contribution in [2.45, 2.75) is 77.2 Å². The summed E-state index contributed by atoms with van der Waals surface area (Å²) in [6, 6.07) is 7.40. The first kappa shape index (κ1) is 22.9. The van der Waals surface area contributed by atoms with Crippen LogP contribution in [0.1, 0.15) is 75.8 Å². The first-order valence-electron chi connectivity index (χ1n) is 13.2. The van der Waals surface area contributed by atoms with Crippen LogP contribution in [0.4, 0.5) is 0 Å². The van der Waals surface area contributed by atoms with Gasteiger partial charge in [0.05, 0.1) is 6.61 Å². The molecule has 1 aromatic rings. The molecule has 1 N–H and O–H groups in total. The fourth-order valence-electron chi connectivity index (χ4n) is 7.75. The number of aryl methyl sites for hydroxylation is 1. The van der Waals surface area contributed by atoms with Crippen LogP contribution in [0, 0.1) is 23.2 Å². The van der Waals surface area contributed by atoms with Crippen LogP contribution in [0.5, 0.6) is 5.75 Å². The van der Waals surface area contributed by atoms with E-state index >= 15 is 0 Å². The largest absolute Gasteiger partial charge is 0.494 e. The molecule has 3 aliphatic carbocycles. The Hall–Kier alpha value is -1.88. The molecule has 0 unspecified atom stereocenters. The Kier molecular flexibility index (Phi) is 6.28. The van der Waals surface area contributed by atoms with Gasteiger partial charge in [-0.2, -0.15) is 0 Å². The number of nitrogens with zero attached hydrogens (tertiary/aromatic N) is 1. The summed E-state index contributed by atoms with van der Waals surface area (Å²) in [4.78, 5) is 28.2. The molecule has 1 aromatic carbocycles. The van der Waals surface area contributed by atoms with E-state index in [1.54, 1.807) is 7.05 Å². The summed E-state index contributed by atoms with van der Waals surface area (Å²) in [7, 11) is 1.70. The molecule has 180 valence electrons. The second kappa shape index (κ2) is 9.05. The zero-order chi connectivity index (χ0) is 23.2. The van der Waals surface area contributed by atoms with E-state index in [0.717, 1.165) is 57.0 Å². The molecule has 33 heavy (non-hydrogen) atoms. The maximum atomic E-state index is 13.0. The Bertz CT molecular complexity index is 914. The third kappa shape index (κ3) is 4.00. The van der Waals surface area contributed by atoms with Gasteiger partial charge in [0.15, 0.2) is 0 Å². The zero-order valence-corrected chi connectivity index (χ0v) is 20.6. The maximum absolute atomic E-state index is 13.0. The number of amides is 1. The number of ketones is 1. The van der Waals surface area contributed by atoms with E-state index in [4.69, 9.17) is 4.74 Å². The molecule has 1 saturated heterocycles. The second-order valence-corrected chi connectivity index (χ2v) is 11.2. The summed E-state index contributed by atoms with van der Waals surface area (Å²) >= 11 is 0. The lowest BCUT2D eigenvalue weighted by Gasteiger charge is -2.49. The minimum atomic E-state index is -0.328. The molecule has 2 saturated carbocycles. The number of ether oxygens (including phenoxy) is 1. The molecule has 3 fully saturated rings. The van der Waals surface area contributed by atoms with Crippen molar-refractivity contribution in [2.24, 2.45) is 23.2 Å². The first-order valence-corrected chi connectivity index (χ1v) is 13.2. The average molecular weight is 453 g/mol. The Morgan fingerprint density at radius 1 is 1.27 bits per heavy atom. The maximum Gasteiger partial charge on any atom is 0.223 e. The van der Waals surface area contributed by atoms with Crippen molar-refractivity contribution in [2.75, 3.05) is 26.7 Å². The van der Waals surface area contributed by atoms with Crippen LogP contribution >= 0.6 is 0 Å². The van der Waals surface area contributed by atoms with Crippen LogP contribution in [0.15, 0.2) is 18.2 Å². The minimum absolute atomic E-state index is 0.0515. The number of carbonyl (C=O) groups excluding carboxylic acids is 2. The van der Waals surface area contributed by atoms with Gasteiger partial charge in [0.25, 0.3) is 0 Å². The van der Waals surface area contributed by atoms with E-state index in [0.29, 0.717) is 24.0 Å². The highest BCUT2D eigenvalue weighted by Crippen LogP contribution is 2.61. The highest BCUT2D eigenvalue weighted by Gasteiger charge is 2.60. The number of fused-ring (bicyclic) bond motifs is 5. The molecule has 0 bridgehead atoms. The lowest BCUT2D eigenvalue weighted by molar-refractivity contribution is -0.130. The van der Waals surface area contributed by atoms with Crippen molar-refractivity contribution in [1.29, 1.82) is 0 Å². The van der Waals surface area contributed by atoms with Gasteiger partial charge in [-0.25, -0.2) is 0 Å². The summed E-state index contributed by atoms with van der Waals surface area (Å²) < 4.78 is 6.14. The summed E-state index contributed by atoms with van der Waals surface area (Å²) in [6.45, 7) is 7.59. The van der Waals surface area contributed by atoms with Crippen LogP contribution in [0.3, 0.4) is 0 Å². The average Bonchev–Trinajstić information content (AvgIpc) is 3.35. The van der Waals surface area contributed by atoms with Crippen molar-refractivity contribution in [3.05, 3.63) is 29.3 Å². The second-order valence-electron chi connectivity index (χ2n) is 11.2. The van der Waals surface area contributed by atoms with E-state index in [2.05, 4.69) is 42.3 Å². The van der Waals surface area contributed by atoms with Gasteiger partial charge >= 0.3 is 0 Å². The van der Waals surface area contributed by atoms with Crippen molar-refractivity contribution in [1.82, 2.24) is 10.2 Å². The molecule has 5 heteroatoms. The number of nitrogens with one attached hydrogen (secondary N) is 1. The number of hydrogen-bond acceptors (Lipinski definition) is 4. The van der Waals surface area contributed by atoms with Gasteiger partial charge in [-0.05, 0) is 99.4 Å². The molecule has 5 rings (SSSR count). The van der Waals surface area contributed by atoms with E-state index in [9.17, 15) is 9.59 Å². The number of benzene rings is 1. The Balaban J connectivity index is 1.26. The topological polar surface area (TPSA) is 58.6 Å². The van der Waals surface area contributed by atoms with Crippen molar-refractivity contribution in [3.63, 3.8) is 0 Å². The van der Waals surface area contributed by atoms with Gasteiger partial charge < -0.3 is 15.0 Å². The molecule has 5 nitrogen and oxygen atoms in total. The summed E-state index contributed by atoms with van der Waals surface area (Å²) in [5.41, 5.74) is 2.51. The Labute approximate surface area is 198 Å². The molecule has 1 aliphatic heterocycles. The van der Waals surface area contributed by atoms with Crippen LogP contribution in [-0.2, 0) is 16.0 Å². The zero-order valence-electron chi connectivity index (χ0n) is 20.6. The van der Waals surface area contributed by atoms with E-state index < -0.39 is 0 Å². The summed E-state index contributed by atoms with van der Waals surface area (Å²) in [5.74, 6) is 2.22. The smallest absolute Gasteiger partial charge is 0.223 e. The van der Waals surface area contributed by atoms with Gasteiger partial charge in [-0.1, -0.05) is 13.0 Å². The standard InChI is InChI=1S/C28H40N2O3/c1-18-6-4-13-30(18)14-5-15-33-20-8-10-21-19(16-20)7-9-23-22(21)11-12-28(2)25(31)17-24(26(23)28)27(32)29-3/h8,10,16,18,22-24,26H,4-7,9,11-15,17H2,1-3H3,(H,29,32)/t18-,22-,23-,24+,26-,28-/m1/s1. The third-order valence-electron chi connectivity index (χ3n) is 9.56. The fraction of sp³-hybridized carbons (Fsp3) is 0.714. The molecule has 0 spiro atoms. The Morgan fingerprint density at radius 2 is 2.12 bits per heavy atom. The molecular formula is C28H40N2O3. The van der Waals surface area contributed by atoms with Gasteiger partial charge in [-0.3, -0.25) is 9.59 Å². The van der Waals surface area contributed by atoms with Gasteiger partial charge in [-0.15, -0.1) is 0 Å². The number of Topliss-reactive ketones (excluding diaryl/α,β-unsaturated/α-hetero) is 1. The molecule has 0 radical (unpaired) electrons. The predicted molar refractivity (Wildman–Crippen MR) is 129 cm³/mol. The quantitative estimate of drug-likeness (QED) is 0.653. The van der Waals surface area contributed by atoms with Crippen molar-refractivity contribution < 1.29 is 14.3 Å². The fourth-order valence-corrected chi connectivity index (χ4v) is 7.75.